The summed E-state index contributed by atoms with van der Waals surface area (Å²) in [5.74, 6) is -0.191. The third-order valence-corrected chi connectivity index (χ3v) is 7.11. The van der Waals surface area contributed by atoms with Gasteiger partial charge < -0.3 is 14.6 Å². The van der Waals surface area contributed by atoms with Crippen LogP contribution in [0, 0.1) is 6.92 Å². The predicted molar refractivity (Wildman–Crippen MR) is 121 cm³/mol. The van der Waals surface area contributed by atoms with E-state index in [0.29, 0.717) is 25.3 Å². The molecule has 1 amide bonds. The van der Waals surface area contributed by atoms with Gasteiger partial charge >= 0.3 is 5.56 Å². The molecule has 0 saturated heterocycles. The van der Waals surface area contributed by atoms with E-state index in [2.05, 4.69) is 37.0 Å². The first-order valence-electron chi connectivity index (χ1n) is 11.5. The minimum atomic E-state index is -0.702. The zero-order valence-corrected chi connectivity index (χ0v) is 19.1. The Kier molecular flexibility index (Phi) is 5.67. The van der Waals surface area contributed by atoms with Crippen LogP contribution in [0.15, 0.2) is 23.0 Å². The van der Waals surface area contributed by atoms with E-state index >= 15 is 0 Å². The van der Waals surface area contributed by atoms with Crippen LogP contribution in [0.25, 0.3) is 0 Å². The van der Waals surface area contributed by atoms with Crippen molar-refractivity contribution in [2.75, 3.05) is 6.54 Å². The summed E-state index contributed by atoms with van der Waals surface area (Å²) < 4.78 is 1.80. The molecule has 1 N–H and O–H groups in total. The van der Waals surface area contributed by atoms with E-state index in [1.54, 1.807) is 9.47 Å². The maximum Gasteiger partial charge on any atom is 0.315 e. The first-order valence-corrected chi connectivity index (χ1v) is 11.5. The van der Waals surface area contributed by atoms with Crippen LogP contribution in [-0.2, 0) is 24.8 Å². The number of fused-ring (bicyclic) bond motifs is 1. The molecule has 4 rings (SSSR count). The molecule has 1 aliphatic heterocycles. The Morgan fingerprint density at radius 1 is 1.13 bits per heavy atom. The van der Waals surface area contributed by atoms with Crippen molar-refractivity contribution in [2.24, 2.45) is 0 Å². The van der Waals surface area contributed by atoms with E-state index in [9.17, 15) is 14.7 Å². The average molecular weight is 424 g/mol. The molecule has 1 aromatic heterocycles. The quantitative estimate of drug-likeness (QED) is 0.795. The zero-order chi connectivity index (χ0) is 22.3. The number of carbonyl (C=O) groups is 1. The summed E-state index contributed by atoms with van der Waals surface area (Å²) in [6, 6.07) is 6.82. The number of carbonyl (C=O) groups excluding carboxylic acids is 1. The summed E-state index contributed by atoms with van der Waals surface area (Å²) in [7, 11) is 0. The molecule has 2 aromatic rings. The van der Waals surface area contributed by atoms with E-state index in [4.69, 9.17) is 0 Å². The molecule has 6 nitrogen and oxygen atoms in total. The molecule has 6 heteroatoms. The van der Waals surface area contributed by atoms with Gasteiger partial charge in [-0.25, -0.2) is 0 Å². The number of hydrogen-bond donors (Lipinski definition) is 1. The topological polar surface area (TPSA) is 75.4 Å². The molecule has 2 heterocycles. The fourth-order valence-corrected chi connectivity index (χ4v) is 5.41. The smallest absolute Gasteiger partial charge is 0.315 e. The number of amides is 1. The molecule has 0 spiro atoms. The Balaban J connectivity index is 1.82. The number of hydrogen-bond acceptors (Lipinski definition) is 4. The predicted octanol–water partition coefficient (Wildman–Crippen LogP) is 3.74. The van der Waals surface area contributed by atoms with Crippen LogP contribution in [0.5, 0.6) is 5.75 Å². The first-order chi connectivity index (χ1) is 14.8. The van der Waals surface area contributed by atoms with E-state index in [0.717, 1.165) is 32.1 Å². The van der Waals surface area contributed by atoms with E-state index in [1.165, 1.54) is 16.7 Å². The molecule has 166 valence electrons. The van der Waals surface area contributed by atoms with Crippen molar-refractivity contribution in [3.05, 3.63) is 56.8 Å². The van der Waals surface area contributed by atoms with Gasteiger partial charge in [0, 0.05) is 31.0 Å². The first kappa shape index (κ1) is 21.6. The largest absolute Gasteiger partial charge is 0.501 e. The van der Waals surface area contributed by atoms with Crippen LogP contribution in [0.1, 0.15) is 79.5 Å². The van der Waals surface area contributed by atoms with Gasteiger partial charge in [0.2, 0.25) is 5.75 Å². The van der Waals surface area contributed by atoms with Gasteiger partial charge in [0.1, 0.15) is 5.82 Å². The van der Waals surface area contributed by atoms with Crippen LogP contribution < -0.4 is 5.56 Å². The molecular weight excluding hydrogens is 390 g/mol. The summed E-state index contributed by atoms with van der Waals surface area (Å²) in [5.41, 5.74) is 3.19. The second-order valence-corrected chi connectivity index (χ2v) is 9.50. The molecule has 0 unspecified atom stereocenters. The van der Waals surface area contributed by atoms with Crippen LogP contribution in [0.4, 0.5) is 0 Å². The van der Waals surface area contributed by atoms with Gasteiger partial charge in [-0.3, -0.25) is 9.59 Å². The SMILES string of the molecule is CCc1cc(C)cc(C2(Cc3nc(=O)c(O)c4n3CCN(C(C)C)C4=O)CCCC2)c1. The molecule has 0 atom stereocenters. The zero-order valence-electron chi connectivity index (χ0n) is 19.1. The van der Waals surface area contributed by atoms with Crippen molar-refractivity contribution in [2.45, 2.75) is 84.2 Å². The number of nitrogens with zero attached hydrogens (tertiary/aromatic N) is 3. The second-order valence-electron chi connectivity index (χ2n) is 9.50. The number of benzene rings is 1. The normalized spacial score (nSPS) is 18.0. The molecule has 2 aliphatic rings. The Labute approximate surface area is 183 Å². The lowest BCUT2D eigenvalue weighted by Gasteiger charge is -2.36. The third-order valence-electron chi connectivity index (χ3n) is 7.11. The van der Waals surface area contributed by atoms with Crippen LogP contribution >= 0.6 is 0 Å². The maximum atomic E-state index is 13.1. The van der Waals surface area contributed by atoms with Crippen LogP contribution in [0.2, 0.25) is 0 Å². The van der Waals surface area contributed by atoms with Crippen molar-refractivity contribution in [1.82, 2.24) is 14.5 Å². The Bertz CT molecular complexity index is 1060. The van der Waals surface area contributed by atoms with Crippen molar-refractivity contribution >= 4 is 5.91 Å². The van der Waals surface area contributed by atoms with Gasteiger partial charge in [0.05, 0.1) is 0 Å². The number of aromatic nitrogens is 2. The van der Waals surface area contributed by atoms with Crippen molar-refractivity contribution in [3.8, 4) is 5.75 Å². The summed E-state index contributed by atoms with van der Waals surface area (Å²) in [5, 5.41) is 10.4. The van der Waals surface area contributed by atoms with Crippen LogP contribution in [0.3, 0.4) is 0 Å². The molecule has 31 heavy (non-hydrogen) atoms. The number of aromatic hydroxyl groups is 1. The molecule has 0 bridgehead atoms. The van der Waals surface area contributed by atoms with Gasteiger partial charge in [-0.15, -0.1) is 0 Å². The van der Waals surface area contributed by atoms with Gasteiger partial charge in [-0.05, 0) is 51.2 Å². The Hall–Kier alpha value is -2.63. The third kappa shape index (κ3) is 3.77. The van der Waals surface area contributed by atoms with E-state index in [1.807, 2.05) is 13.8 Å². The maximum absolute atomic E-state index is 13.1. The fraction of sp³-hybridized carbons (Fsp3) is 0.560. The standard InChI is InChI=1S/C25H33N3O3/c1-5-18-12-17(4)13-19(14-18)25(8-6-7-9-25)15-20-26-23(30)22(29)21-24(31)27(16(2)3)10-11-28(20)21/h12-14,16,29H,5-11,15H2,1-4H3. The molecule has 1 saturated carbocycles. The highest BCUT2D eigenvalue weighted by Crippen LogP contribution is 2.44. The van der Waals surface area contributed by atoms with Gasteiger partial charge in [0.15, 0.2) is 5.69 Å². The van der Waals surface area contributed by atoms with Gasteiger partial charge in [0.25, 0.3) is 5.91 Å². The van der Waals surface area contributed by atoms with Crippen LogP contribution in [-0.4, -0.2) is 38.1 Å². The summed E-state index contributed by atoms with van der Waals surface area (Å²) in [6.07, 6.45) is 5.96. The summed E-state index contributed by atoms with van der Waals surface area (Å²) in [4.78, 5) is 31.6. The molecule has 1 fully saturated rings. The lowest BCUT2D eigenvalue weighted by Crippen LogP contribution is -2.46. The average Bonchev–Trinajstić information content (AvgIpc) is 3.20. The summed E-state index contributed by atoms with van der Waals surface area (Å²) in [6.45, 7) is 9.29. The molecule has 0 radical (unpaired) electrons. The van der Waals surface area contributed by atoms with E-state index < -0.39 is 11.3 Å². The monoisotopic (exact) mass is 423 g/mol. The highest BCUT2D eigenvalue weighted by Gasteiger charge is 2.39. The lowest BCUT2D eigenvalue weighted by molar-refractivity contribution is 0.0636. The second kappa shape index (κ2) is 8.13. The number of aryl methyl sites for hydroxylation is 2. The molecule has 1 aliphatic carbocycles. The number of rotatable bonds is 5. The van der Waals surface area contributed by atoms with Crippen molar-refractivity contribution < 1.29 is 9.90 Å². The van der Waals surface area contributed by atoms with Crippen molar-refractivity contribution in [1.29, 1.82) is 0 Å². The Morgan fingerprint density at radius 3 is 2.48 bits per heavy atom. The minimum Gasteiger partial charge on any atom is -0.501 e. The highest BCUT2D eigenvalue weighted by atomic mass is 16.3. The van der Waals surface area contributed by atoms with E-state index in [-0.39, 0.29) is 23.1 Å². The summed E-state index contributed by atoms with van der Waals surface area (Å²) >= 11 is 0. The van der Waals surface area contributed by atoms with Gasteiger partial charge in [-0.1, -0.05) is 43.5 Å². The fourth-order valence-electron chi connectivity index (χ4n) is 5.41. The molecular formula is C25H33N3O3. The van der Waals surface area contributed by atoms with Gasteiger partial charge in [-0.2, -0.15) is 4.98 Å². The highest BCUT2D eigenvalue weighted by molar-refractivity contribution is 5.95. The minimum absolute atomic E-state index is 0.00769. The Morgan fingerprint density at radius 2 is 1.84 bits per heavy atom. The lowest BCUT2D eigenvalue weighted by atomic mass is 9.74. The van der Waals surface area contributed by atoms with Crippen molar-refractivity contribution in [3.63, 3.8) is 0 Å². The molecule has 1 aromatic carbocycles.